The molecule has 26 heavy (non-hydrogen) atoms. The van der Waals surface area contributed by atoms with Crippen molar-refractivity contribution >= 4 is 15.7 Å². The molecule has 0 amide bonds. The van der Waals surface area contributed by atoms with Gasteiger partial charge in [0.05, 0.1) is 31.3 Å². The van der Waals surface area contributed by atoms with Gasteiger partial charge in [-0.25, -0.2) is 8.42 Å². The Morgan fingerprint density at radius 3 is 2.50 bits per heavy atom. The van der Waals surface area contributed by atoms with E-state index in [2.05, 4.69) is 9.82 Å². The lowest BCUT2D eigenvalue weighted by Gasteiger charge is -2.14. The largest absolute Gasteiger partial charge is 0.493 e. The second kappa shape index (κ2) is 7.49. The Hall–Kier alpha value is -3.00. The van der Waals surface area contributed by atoms with Crippen molar-refractivity contribution < 1.29 is 17.9 Å². The highest BCUT2D eigenvalue weighted by atomic mass is 32.2. The van der Waals surface area contributed by atoms with Gasteiger partial charge in [-0.05, 0) is 29.8 Å². The molecule has 0 radical (unpaired) electrons. The fourth-order valence-electron chi connectivity index (χ4n) is 2.51. The maximum absolute atomic E-state index is 12.8. The summed E-state index contributed by atoms with van der Waals surface area (Å²) in [5, 5.41) is 4.16. The van der Waals surface area contributed by atoms with Crippen molar-refractivity contribution in [3.63, 3.8) is 0 Å². The van der Waals surface area contributed by atoms with E-state index in [1.54, 1.807) is 29.1 Å². The molecule has 1 heterocycles. The zero-order valence-corrected chi connectivity index (χ0v) is 15.2. The second-order valence-corrected chi connectivity index (χ2v) is 7.17. The predicted octanol–water partition coefficient (Wildman–Crippen LogP) is 2.75. The van der Waals surface area contributed by atoms with Crippen LogP contribution in [0.5, 0.6) is 11.5 Å². The molecule has 0 saturated carbocycles. The van der Waals surface area contributed by atoms with E-state index in [-0.39, 0.29) is 4.90 Å². The molecule has 0 aliphatic carbocycles. The van der Waals surface area contributed by atoms with Crippen LogP contribution in [0.2, 0.25) is 0 Å². The molecular weight excluding hydrogens is 354 g/mol. The maximum Gasteiger partial charge on any atom is 0.262 e. The minimum atomic E-state index is -3.79. The van der Waals surface area contributed by atoms with E-state index in [0.717, 1.165) is 5.56 Å². The first-order valence-corrected chi connectivity index (χ1v) is 9.32. The first-order valence-electron chi connectivity index (χ1n) is 7.83. The molecule has 3 aromatic rings. The summed E-state index contributed by atoms with van der Waals surface area (Å²) in [4.78, 5) is 0.0871. The lowest BCUT2D eigenvalue weighted by molar-refractivity contribution is 0.354. The molecule has 0 saturated heterocycles. The van der Waals surface area contributed by atoms with Gasteiger partial charge in [-0.3, -0.25) is 9.40 Å². The number of para-hydroxylation sites is 1. The molecule has 0 unspecified atom stereocenters. The number of anilines is 1. The van der Waals surface area contributed by atoms with E-state index >= 15 is 0 Å². The summed E-state index contributed by atoms with van der Waals surface area (Å²) in [6, 6.07) is 13.5. The van der Waals surface area contributed by atoms with Crippen molar-refractivity contribution in [3.05, 3.63) is 66.5 Å². The van der Waals surface area contributed by atoms with E-state index < -0.39 is 10.0 Å². The molecule has 0 fully saturated rings. The van der Waals surface area contributed by atoms with Crippen LogP contribution in [0.15, 0.2) is 65.8 Å². The quantitative estimate of drug-likeness (QED) is 0.689. The van der Waals surface area contributed by atoms with E-state index in [0.29, 0.717) is 23.7 Å². The van der Waals surface area contributed by atoms with Gasteiger partial charge in [-0.15, -0.1) is 0 Å². The monoisotopic (exact) mass is 373 g/mol. The molecule has 1 aromatic heterocycles. The van der Waals surface area contributed by atoms with Crippen LogP contribution in [0.1, 0.15) is 5.56 Å². The molecule has 2 aromatic carbocycles. The maximum atomic E-state index is 12.8. The highest BCUT2D eigenvalue weighted by Crippen LogP contribution is 2.30. The van der Waals surface area contributed by atoms with Crippen LogP contribution in [0.25, 0.3) is 0 Å². The third-order valence-corrected chi connectivity index (χ3v) is 5.18. The third kappa shape index (κ3) is 3.80. The summed E-state index contributed by atoms with van der Waals surface area (Å²) in [6.45, 7) is 0.456. The van der Waals surface area contributed by atoms with Gasteiger partial charge in [0, 0.05) is 18.5 Å². The van der Waals surface area contributed by atoms with Gasteiger partial charge < -0.3 is 9.47 Å². The molecule has 0 atom stereocenters. The van der Waals surface area contributed by atoms with Crippen molar-refractivity contribution in [1.29, 1.82) is 0 Å². The van der Waals surface area contributed by atoms with Crippen LogP contribution in [0.3, 0.4) is 0 Å². The Bertz CT molecular complexity index is 985. The first kappa shape index (κ1) is 17.8. The number of sulfonamides is 1. The molecule has 1 N–H and O–H groups in total. The molecule has 8 heteroatoms. The van der Waals surface area contributed by atoms with E-state index in [1.165, 1.54) is 26.4 Å². The fraction of sp³-hybridized carbons (Fsp3) is 0.167. The Balaban J connectivity index is 1.91. The Labute approximate surface area is 152 Å². The smallest absolute Gasteiger partial charge is 0.262 e. The first-order chi connectivity index (χ1) is 12.5. The SMILES string of the molecule is COc1ccc(S(=O)(=O)Nc2ccccc2Cn2cccn2)cc1OC. The van der Waals surface area contributed by atoms with Gasteiger partial charge in [0.2, 0.25) is 0 Å². The van der Waals surface area contributed by atoms with Gasteiger partial charge in [0.1, 0.15) is 0 Å². The summed E-state index contributed by atoms with van der Waals surface area (Å²) >= 11 is 0. The van der Waals surface area contributed by atoms with E-state index in [1.807, 2.05) is 24.4 Å². The minimum absolute atomic E-state index is 0.0871. The Kier molecular flexibility index (Phi) is 5.13. The molecule has 0 aliphatic rings. The van der Waals surface area contributed by atoms with Gasteiger partial charge in [-0.2, -0.15) is 5.10 Å². The second-order valence-electron chi connectivity index (χ2n) is 5.48. The predicted molar refractivity (Wildman–Crippen MR) is 98.1 cm³/mol. The van der Waals surface area contributed by atoms with Crippen molar-refractivity contribution in [3.8, 4) is 11.5 Å². The molecule has 0 bridgehead atoms. The number of hydrogen-bond donors (Lipinski definition) is 1. The van der Waals surface area contributed by atoms with Crippen LogP contribution in [-0.2, 0) is 16.6 Å². The van der Waals surface area contributed by atoms with E-state index in [9.17, 15) is 8.42 Å². The number of nitrogens with one attached hydrogen (secondary N) is 1. The number of hydrogen-bond acceptors (Lipinski definition) is 5. The summed E-state index contributed by atoms with van der Waals surface area (Å²) < 4.78 is 40.3. The molecular formula is C18H19N3O4S. The summed E-state index contributed by atoms with van der Waals surface area (Å²) in [6.07, 6.45) is 3.50. The zero-order valence-electron chi connectivity index (χ0n) is 14.4. The Morgan fingerprint density at radius 2 is 1.81 bits per heavy atom. The molecule has 0 aliphatic heterocycles. The molecule has 0 spiro atoms. The van der Waals surface area contributed by atoms with Crippen molar-refractivity contribution in [2.75, 3.05) is 18.9 Å². The Morgan fingerprint density at radius 1 is 1.04 bits per heavy atom. The summed E-state index contributed by atoms with van der Waals surface area (Å²) in [5.41, 5.74) is 1.30. The number of rotatable bonds is 7. The third-order valence-electron chi connectivity index (χ3n) is 3.82. The molecule has 7 nitrogen and oxygen atoms in total. The normalized spacial score (nSPS) is 11.2. The number of benzene rings is 2. The minimum Gasteiger partial charge on any atom is -0.493 e. The number of ether oxygens (including phenoxy) is 2. The molecule has 3 rings (SSSR count). The highest BCUT2D eigenvalue weighted by Gasteiger charge is 2.18. The van der Waals surface area contributed by atoms with E-state index in [4.69, 9.17) is 9.47 Å². The van der Waals surface area contributed by atoms with Crippen molar-refractivity contribution in [2.45, 2.75) is 11.4 Å². The number of nitrogens with zero attached hydrogens (tertiary/aromatic N) is 2. The van der Waals surface area contributed by atoms with Crippen LogP contribution in [0.4, 0.5) is 5.69 Å². The van der Waals surface area contributed by atoms with Crippen molar-refractivity contribution in [1.82, 2.24) is 9.78 Å². The number of methoxy groups -OCH3 is 2. The van der Waals surface area contributed by atoms with Crippen LogP contribution < -0.4 is 14.2 Å². The number of aromatic nitrogens is 2. The lowest BCUT2D eigenvalue weighted by atomic mass is 10.2. The van der Waals surface area contributed by atoms with Gasteiger partial charge in [-0.1, -0.05) is 18.2 Å². The van der Waals surface area contributed by atoms with Crippen LogP contribution in [0, 0.1) is 0 Å². The topological polar surface area (TPSA) is 82.5 Å². The van der Waals surface area contributed by atoms with Crippen LogP contribution >= 0.6 is 0 Å². The summed E-state index contributed by atoms with van der Waals surface area (Å²) in [5.74, 6) is 0.811. The van der Waals surface area contributed by atoms with Gasteiger partial charge >= 0.3 is 0 Å². The van der Waals surface area contributed by atoms with Gasteiger partial charge in [0.15, 0.2) is 11.5 Å². The zero-order chi connectivity index (χ0) is 18.6. The lowest BCUT2D eigenvalue weighted by Crippen LogP contribution is -2.15. The molecule has 136 valence electrons. The van der Waals surface area contributed by atoms with Crippen molar-refractivity contribution in [2.24, 2.45) is 0 Å². The highest BCUT2D eigenvalue weighted by molar-refractivity contribution is 7.92. The van der Waals surface area contributed by atoms with Gasteiger partial charge in [0.25, 0.3) is 10.0 Å². The van der Waals surface area contributed by atoms with Crippen LogP contribution in [-0.4, -0.2) is 32.4 Å². The average Bonchev–Trinajstić information content (AvgIpc) is 3.15. The standard InChI is InChI=1S/C18H19N3O4S/c1-24-17-9-8-15(12-18(17)25-2)26(22,23)20-16-7-4-3-6-14(16)13-21-11-5-10-19-21/h3-12,20H,13H2,1-2H3. The summed E-state index contributed by atoms with van der Waals surface area (Å²) in [7, 11) is -0.832. The fourth-order valence-corrected chi connectivity index (χ4v) is 3.63. The average molecular weight is 373 g/mol.